The maximum Gasteiger partial charge on any atom is 0.242 e. The Bertz CT molecular complexity index is 1550. The summed E-state index contributed by atoms with van der Waals surface area (Å²) in [5.41, 5.74) is 3.39. The third kappa shape index (κ3) is 4.78. The number of hydrogen-bond donors (Lipinski definition) is 3. The van der Waals surface area contributed by atoms with Gasteiger partial charge in [-0.25, -0.2) is 30.8 Å². The van der Waals surface area contributed by atoms with Crippen LogP contribution < -0.4 is 15.4 Å². The van der Waals surface area contributed by atoms with Gasteiger partial charge in [-0.1, -0.05) is 29.8 Å². The lowest BCUT2D eigenvalue weighted by Crippen LogP contribution is -2.38. The van der Waals surface area contributed by atoms with Gasteiger partial charge in [-0.3, -0.25) is 0 Å². The zero-order chi connectivity index (χ0) is 25.7. The van der Waals surface area contributed by atoms with Crippen LogP contribution in [0.1, 0.15) is 29.4 Å². The molecule has 1 aliphatic heterocycles. The summed E-state index contributed by atoms with van der Waals surface area (Å²) in [7, 11) is -5.60. The number of halogens is 1. The predicted molar refractivity (Wildman–Crippen MR) is 139 cm³/mol. The van der Waals surface area contributed by atoms with Gasteiger partial charge >= 0.3 is 0 Å². The van der Waals surface area contributed by atoms with Crippen molar-refractivity contribution in [1.82, 2.24) is 19.0 Å². The Balaban J connectivity index is 1.39. The Morgan fingerprint density at radius 1 is 1.00 bits per heavy atom. The molecule has 10 nitrogen and oxygen atoms in total. The quantitative estimate of drug-likeness (QED) is 0.409. The number of rotatable bonds is 7. The molecule has 3 aromatic rings. The SMILES string of the molecule is CNS(=O)(=O)c1ccccc1Nc1nc(Nc2ccc3c(c2)C2CC3CN(S(C)(=O)=O)C2)ncc1Cl. The van der Waals surface area contributed by atoms with Crippen LogP contribution >= 0.6 is 11.6 Å². The highest BCUT2D eigenvalue weighted by Crippen LogP contribution is 2.47. The summed E-state index contributed by atoms with van der Waals surface area (Å²) in [6.07, 6.45) is 3.62. The standard InChI is InChI=1S/C23H25ClN6O4S2/c1-25-36(33,34)21-6-4-3-5-20(21)28-22-19(24)11-26-23(29-22)27-16-7-8-17-14-9-15(18(17)10-16)13-30(12-14)35(2,31)32/h3-8,10-11,14-15,25H,9,12-13H2,1-2H3,(H2,26,27,28,29). The van der Waals surface area contributed by atoms with Gasteiger partial charge in [-0.05, 0) is 60.7 Å². The molecule has 5 rings (SSSR count). The number of piperidine rings is 1. The second-order valence-corrected chi connectivity index (χ2v) is 13.1. The molecule has 0 spiro atoms. The van der Waals surface area contributed by atoms with Crippen molar-refractivity contribution in [2.75, 3.05) is 37.0 Å². The minimum Gasteiger partial charge on any atom is -0.338 e. The second-order valence-electron chi connectivity index (χ2n) is 8.90. The number of nitrogens with one attached hydrogen (secondary N) is 3. The van der Waals surface area contributed by atoms with Crippen molar-refractivity contribution in [3.63, 3.8) is 0 Å². The van der Waals surface area contributed by atoms with E-state index in [1.165, 1.54) is 31.1 Å². The van der Waals surface area contributed by atoms with Gasteiger partial charge in [0, 0.05) is 18.8 Å². The summed E-state index contributed by atoms with van der Waals surface area (Å²) in [5, 5.41) is 6.40. The van der Waals surface area contributed by atoms with E-state index in [2.05, 4.69) is 25.3 Å². The Morgan fingerprint density at radius 2 is 1.72 bits per heavy atom. The second kappa shape index (κ2) is 9.27. The largest absolute Gasteiger partial charge is 0.338 e. The summed E-state index contributed by atoms with van der Waals surface area (Å²) in [5.74, 6) is 0.853. The van der Waals surface area contributed by atoms with E-state index >= 15 is 0 Å². The molecule has 0 saturated carbocycles. The molecule has 13 heteroatoms. The van der Waals surface area contributed by atoms with E-state index in [0.717, 1.165) is 17.7 Å². The molecule has 1 aromatic heterocycles. The van der Waals surface area contributed by atoms with Crippen LogP contribution in [0.5, 0.6) is 0 Å². The van der Waals surface area contributed by atoms with Crippen LogP contribution in [0.3, 0.4) is 0 Å². The molecule has 2 unspecified atom stereocenters. The van der Waals surface area contributed by atoms with Gasteiger partial charge in [-0.2, -0.15) is 4.98 Å². The normalized spacial score (nSPS) is 19.6. The van der Waals surface area contributed by atoms with Crippen LogP contribution in [0.15, 0.2) is 53.6 Å². The summed E-state index contributed by atoms with van der Waals surface area (Å²) in [6.45, 7) is 0.988. The van der Waals surface area contributed by atoms with Gasteiger partial charge in [0.25, 0.3) is 0 Å². The predicted octanol–water partition coefficient (Wildman–Crippen LogP) is 3.37. The van der Waals surface area contributed by atoms with Crippen molar-refractivity contribution in [2.24, 2.45) is 0 Å². The minimum atomic E-state index is -3.70. The van der Waals surface area contributed by atoms with Gasteiger partial charge in [-0.15, -0.1) is 0 Å². The molecule has 0 radical (unpaired) electrons. The van der Waals surface area contributed by atoms with E-state index < -0.39 is 20.0 Å². The van der Waals surface area contributed by atoms with Crippen molar-refractivity contribution in [3.05, 3.63) is 64.8 Å². The van der Waals surface area contributed by atoms with E-state index in [0.29, 0.717) is 18.8 Å². The Kier molecular flexibility index (Phi) is 6.41. The number of fused-ring (bicyclic) bond motifs is 5. The summed E-state index contributed by atoms with van der Waals surface area (Å²) >= 11 is 6.30. The van der Waals surface area contributed by atoms with Crippen molar-refractivity contribution >= 4 is 54.8 Å². The highest BCUT2D eigenvalue weighted by atomic mass is 35.5. The van der Waals surface area contributed by atoms with Crippen molar-refractivity contribution in [2.45, 2.75) is 23.2 Å². The average molecular weight is 549 g/mol. The fraction of sp³-hybridized carbons (Fsp3) is 0.304. The Morgan fingerprint density at radius 3 is 2.44 bits per heavy atom. The highest BCUT2D eigenvalue weighted by Gasteiger charge is 2.40. The van der Waals surface area contributed by atoms with E-state index in [4.69, 9.17) is 11.6 Å². The van der Waals surface area contributed by atoms with Gasteiger partial charge < -0.3 is 10.6 Å². The number of aromatic nitrogens is 2. The molecular weight excluding hydrogens is 524 g/mol. The lowest BCUT2D eigenvalue weighted by Gasteiger charge is -2.30. The van der Waals surface area contributed by atoms with Crippen molar-refractivity contribution in [1.29, 1.82) is 0 Å². The van der Waals surface area contributed by atoms with Crippen LogP contribution in [0, 0.1) is 0 Å². The molecular formula is C23H25ClN6O4S2. The molecule has 1 fully saturated rings. The fourth-order valence-electron chi connectivity index (χ4n) is 4.84. The van der Waals surface area contributed by atoms with Gasteiger partial charge in [0.15, 0.2) is 5.82 Å². The number of benzene rings is 2. The molecule has 190 valence electrons. The number of hydrogen-bond acceptors (Lipinski definition) is 8. The molecule has 2 bridgehead atoms. The fourth-order valence-corrected chi connectivity index (χ4v) is 6.77. The molecule has 2 aliphatic rings. The summed E-state index contributed by atoms with van der Waals surface area (Å²) < 4.78 is 52.8. The average Bonchev–Trinajstić information content (AvgIpc) is 3.09. The first kappa shape index (κ1) is 24.9. The number of anilines is 4. The zero-order valence-electron chi connectivity index (χ0n) is 19.6. The molecule has 2 heterocycles. The van der Waals surface area contributed by atoms with Crippen molar-refractivity contribution < 1.29 is 16.8 Å². The van der Waals surface area contributed by atoms with Crippen LogP contribution in [-0.4, -0.2) is 57.5 Å². The molecule has 1 saturated heterocycles. The van der Waals surface area contributed by atoms with Crippen LogP contribution in [0.25, 0.3) is 0 Å². The Hall–Kier alpha value is -2.77. The maximum atomic E-state index is 12.4. The van der Waals surface area contributed by atoms with Crippen molar-refractivity contribution in [3.8, 4) is 0 Å². The van der Waals surface area contributed by atoms with E-state index in [1.807, 2.05) is 18.2 Å². The third-order valence-corrected chi connectivity index (χ3v) is 9.54. The van der Waals surface area contributed by atoms with E-state index in [9.17, 15) is 16.8 Å². The first-order valence-corrected chi connectivity index (χ1v) is 14.9. The van der Waals surface area contributed by atoms with E-state index in [-0.39, 0.29) is 33.5 Å². The van der Waals surface area contributed by atoms with Crippen LogP contribution in [0.2, 0.25) is 5.02 Å². The summed E-state index contributed by atoms with van der Waals surface area (Å²) in [6, 6.07) is 12.4. The maximum absolute atomic E-state index is 12.4. The lowest BCUT2D eigenvalue weighted by atomic mass is 9.98. The third-order valence-electron chi connectivity index (χ3n) is 6.55. The van der Waals surface area contributed by atoms with Crippen LogP contribution in [0.4, 0.5) is 23.1 Å². The monoisotopic (exact) mass is 548 g/mol. The van der Waals surface area contributed by atoms with Gasteiger partial charge in [0.2, 0.25) is 26.0 Å². The molecule has 36 heavy (non-hydrogen) atoms. The molecule has 2 aromatic carbocycles. The highest BCUT2D eigenvalue weighted by molar-refractivity contribution is 7.89. The summed E-state index contributed by atoms with van der Waals surface area (Å²) in [4.78, 5) is 8.76. The minimum absolute atomic E-state index is 0.0598. The Labute approximate surface area is 215 Å². The van der Waals surface area contributed by atoms with Gasteiger partial charge in [0.1, 0.15) is 9.92 Å². The van der Waals surface area contributed by atoms with Crippen LogP contribution in [-0.2, 0) is 20.0 Å². The number of para-hydroxylation sites is 1. The molecule has 1 aliphatic carbocycles. The van der Waals surface area contributed by atoms with E-state index in [1.54, 1.807) is 22.5 Å². The molecule has 2 atom stereocenters. The molecule has 0 amide bonds. The molecule has 3 N–H and O–H groups in total. The lowest BCUT2D eigenvalue weighted by molar-refractivity contribution is 0.311. The zero-order valence-corrected chi connectivity index (χ0v) is 22.0. The van der Waals surface area contributed by atoms with Gasteiger partial charge in [0.05, 0.1) is 18.1 Å². The number of sulfonamides is 2. The topological polar surface area (TPSA) is 133 Å². The number of nitrogens with zero attached hydrogens (tertiary/aromatic N) is 3. The first-order chi connectivity index (χ1) is 17.0. The first-order valence-electron chi connectivity index (χ1n) is 11.2. The smallest absolute Gasteiger partial charge is 0.242 e.